The second-order valence-corrected chi connectivity index (χ2v) is 6.50. The van der Waals surface area contributed by atoms with Gasteiger partial charge in [0.25, 0.3) is 0 Å². The summed E-state index contributed by atoms with van der Waals surface area (Å²) in [5, 5.41) is 12.7. The van der Waals surface area contributed by atoms with Gasteiger partial charge < -0.3 is 10.1 Å². The second-order valence-electron chi connectivity index (χ2n) is 6.50. The number of methoxy groups -OCH3 is 1. The molecule has 128 valence electrons. The number of benzene rings is 2. The molecule has 2 unspecified atom stereocenters. The molecule has 1 aliphatic rings. The predicted octanol–water partition coefficient (Wildman–Crippen LogP) is 4.60. The fraction of sp³-hybridized carbons (Fsp3) is 0.182. The zero-order valence-electron chi connectivity index (χ0n) is 14.5. The highest BCUT2D eigenvalue weighted by Crippen LogP contribution is 2.42. The summed E-state index contributed by atoms with van der Waals surface area (Å²) < 4.78 is 5.27. The molecule has 1 heterocycles. The van der Waals surface area contributed by atoms with Gasteiger partial charge in [-0.2, -0.15) is 5.26 Å². The fourth-order valence-electron chi connectivity index (χ4n) is 3.20. The fourth-order valence-corrected chi connectivity index (χ4v) is 3.20. The molecule has 4 nitrogen and oxygen atoms in total. The van der Waals surface area contributed by atoms with Crippen molar-refractivity contribution in [1.29, 1.82) is 5.26 Å². The smallest absolute Gasteiger partial charge is 0.120 e. The molecule has 3 aromatic rings. The molecular weight excluding hydrogens is 322 g/mol. The van der Waals surface area contributed by atoms with E-state index in [-0.39, 0.29) is 0 Å². The molecule has 0 bridgehead atoms. The lowest BCUT2D eigenvalue weighted by atomic mass is 10.1. The summed E-state index contributed by atoms with van der Waals surface area (Å²) in [6, 6.07) is 22.5. The highest BCUT2D eigenvalue weighted by atomic mass is 16.5. The van der Waals surface area contributed by atoms with Crippen LogP contribution >= 0.6 is 0 Å². The van der Waals surface area contributed by atoms with E-state index in [1.54, 1.807) is 13.2 Å². The van der Waals surface area contributed by atoms with Gasteiger partial charge in [-0.05, 0) is 48.4 Å². The Labute approximate surface area is 153 Å². The van der Waals surface area contributed by atoms with Crippen LogP contribution in [0.5, 0.6) is 5.75 Å². The molecule has 0 saturated heterocycles. The van der Waals surface area contributed by atoms with E-state index in [1.165, 1.54) is 5.56 Å². The van der Waals surface area contributed by atoms with Gasteiger partial charge in [-0.15, -0.1) is 0 Å². The molecule has 0 amide bonds. The maximum Gasteiger partial charge on any atom is 0.120 e. The van der Waals surface area contributed by atoms with E-state index in [9.17, 15) is 5.26 Å². The number of anilines is 1. The first kappa shape index (κ1) is 16.2. The zero-order chi connectivity index (χ0) is 17.9. The molecule has 4 heteroatoms. The van der Waals surface area contributed by atoms with E-state index >= 15 is 0 Å². The van der Waals surface area contributed by atoms with Gasteiger partial charge in [-0.3, -0.25) is 4.98 Å². The minimum Gasteiger partial charge on any atom is -0.497 e. The van der Waals surface area contributed by atoms with Crippen LogP contribution in [0.1, 0.15) is 23.5 Å². The number of nitriles is 1. The quantitative estimate of drug-likeness (QED) is 0.737. The van der Waals surface area contributed by atoms with Crippen molar-refractivity contribution in [2.24, 2.45) is 0 Å². The lowest BCUT2D eigenvalue weighted by molar-refractivity contribution is 0.415. The molecule has 2 aromatic carbocycles. The average molecular weight is 341 g/mol. The first-order chi connectivity index (χ1) is 12.8. The summed E-state index contributed by atoms with van der Waals surface area (Å²) >= 11 is 0. The van der Waals surface area contributed by atoms with Gasteiger partial charge in [0, 0.05) is 29.4 Å². The molecule has 1 aliphatic carbocycles. The summed E-state index contributed by atoms with van der Waals surface area (Å²) in [7, 11) is 1.60. The van der Waals surface area contributed by atoms with Gasteiger partial charge in [0.1, 0.15) is 5.75 Å². The molecule has 2 atom stereocenters. The number of aromatic nitrogens is 1. The minimum atomic E-state index is 0.465. The summed E-state index contributed by atoms with van der Waals surface area (Å²) in [6.07, 6.45) is 3.06. The molecular formula is C22H19N3O. The number of hydrogen-bond donors (Lipinski definition) is 1. The van der Waals surface area contributed by atoms with Gasteiger partial charge in [0.05, 0.1) is 24.4 Å². The number of rotatable bonds is 5. The van der Waals surface area contributed by atoms with Crippen LogP contribution in [0.2, 0.25) is 0 Å². The SMILES string of the molecule is COc1cc(C#N)cc(-c2ccc(C3CC3Nc3ccccc3)cn2)c1. The van der Waals surface area contributed by atoms with Gasteiger partial charge in [-0.1, -0.05) is 24.3 Å². The van der Waals surface area contributed by atoms with E-state index in [0.29, 0.717) is 23.3 Å². The third-order valence-electron chi connectivity index (χ3n) is 4.70. The Morgan fingerprint density at radius 2 is 1.96 bits per heavy atom. The number of para-hydroxylation sites is 1. The third-order valence-corrected chi connectivity index (χ3v) is 4.70. The Hall–Kier alpha value is -3.32. The Bertz CT molecular complexity index is 945. The van der Waals surface area contributed by atoms with Crippen molar-refractivity contribution in [3.05, 3.63) is 78.0 Å². The van der Waals surface area contributed by atoms with Crippen molar-refractivity contribution in [3.8, 4) is 23.1 Å². The summed E-state index contributed by atoms with van der Waals surface area (Å²) in [4.78, 5) is 4.61. The Kier molecular flexibility index (Phi) is 4.28. The van der Waals surface area contributed by atoms with Crippen LogP contribution in [0.3, 0.4) is 0 Å². The first-order valence-electron chi connectivity index (χ1n) is 8.64. The van der Waals surface area contributed by atoms with Gasteiger partial charge in [0.2, 0.25) is 0 Å². The molecule has 4 rings (SSSR count). The summed E-state index contributed by atoms with van der Waals surface area (Å²) in [5.74, 6) is 1.16. The molecule has 0 spiro atoms. The van der Waals surface area contributed by atoms with Gasteiger partial charge in [-0.25, -0.2) is 0 Å². The Balaban J connectivity index is 1.49. The van der Waals surface area contributed by atoms with Crippen molar-refractivity contribution >= 4 is 5.69 Å². The van der Waals surface area contributed by atoms with Crippen LogP contribution in [0, 0.1) is 11.3 Å². The summed E-state index contributed by atoms with van der Waals surface area (Å²) in [6.45, 7) is 0. The standard InChI is InChI=1S/C22H19N3O/c1-26-19-10-15(13-23)9-17(11-19)21-8-7-16(14-24-21)20-12-22(20)25-18-5-3-2-4-6-18/h2-11,14,20,22,25H,12H2,1H3. The topological polar surface area (TPSA) is 57.9 Å². The molecule has 0 aliphatic heterocycles. The van der Waals surface area contributed by atoms with Crippen molar-refractivity contribution < 1.29 is 4.74 Å². The maximum atomic E-state index is 9.17. The lowest BCUT2D eigenvalue weighted by Gasteiger charge is -2.08. The number of nitrogens with one attached hydrogen (secondary N) is 1. The highest BCUT2D eigenvalue weighted by molar-refractivity contribution is 5.64. The van der Waals surface area contributed by atoms with E-state index in [0.717, 1.165) is 23.4 Å². The monoisotopic (exact) mass is 341 g/mol. The van der Waals surface area contributed by atoms with E-state index in [2.05, 4.69) is 34.6 Å². The van der Waals surface area contributed by atoms with E-state index in [1.807, 2.05) is 42.6 Å². The molecule has 1 saturated carbocycles. The average Bonchev–Trinajstić information content (AvgIpc) is 3.47. The van der Waals surface area contributed by atoms with Crippen molar-refractivity contribution in [1.82, 2.24) is 4.98 Å². The predicted molar refractivity (Wildman–Crippen MR) is 102 cm³/mol. The summed E-state index contributed by atoms with van der Waals surface area (Å²) in [5.41, 5.74) is 4.70. The minimum absolute atomic E-state index is 0.465. The van der Waals surface area contributed by atoms with Crippen molar-refractivity contribution in [3.63, 3.8) is 0 Å². The van der Waals surface area contributed by atoms with Crippen LogP contribution in [0.4, 0.5) is 5.69 Å². The zero-order valence-corrected chi connectivity index (χ0v) is 14.5. The molecule has 26 heavy (non-hydrogen) atoms. The van der Waals surface area contributed by atoms with E-state index < -0.39 is 0 Å². The number of hydrogen-bond acceptors (Lipinski definition) is 4. The molecule has 0 radical (unpaired) electrons. The first-order valence-corrected chi connectivity index (χ1v) is 8.64. The Morgan fingerprint density at radius 3 is 2.65 bits per heavy atom. The van der Waals surface area contributed by atoms with Gasteiger partial charge in [0.15, 0.2) is 0 Å². The van der Waals surface area contributed by atoms with Crippen LogP contribution in [-0.2, 0) is 0 Å². The number of ether oxygens (including phenoxy) is 1. The molecule has 1 N–H and O–H groups in total. The number of pyridine rings is 1. The maximum absolute atomic E-state index is 9.17. The second kappa shape index (κ2) is 6.89. The molecule has 1 fully saturated rings. The van der Waals surface area contributed by atoms with Crippen molar-refractivity contribution in [2.45, 2.75) is 18.4 Å². The van der Waals surface area contributed by atoms with Crippen LogP contribution < -0.4 is 10.1 Å². The lowest BCUT2D eigenvalue weighted by Crippen LogP contribution is -2.03. The van der Waals surface area contributed by atoms with Crippen LogP contribution in [0.25, 0.3) is 11.3 Å². The molecule has 1 aromatic heterocycles. The van der Waals surface area contributed by atoms with Gasteiger partial charge >= 0.3 is 0 Å². The number of nitrogens with zero attached hydrogens (tertiary/aromatic N) is 2. The Morgan fingerprint density at radius 1 is 1.12 bits per heavy atom. The van der Waals surface area contributed by atoms with Crippen molar-refractivity contribution in [2.75, 3.05) is 12.4 Å². The van der Waals surface area contributed by atoms with Crippen LogP contribution in [-0.4, -0.2) is 18.1 Å². The largest absolute Gasteiger partial charge is 0.497 e. The van der Waals surface area contributed by atoms with Crippen LogP contribution in [0.15, 0.2) is 66.9 Å². The van der Waals surface area contributed by atoms with E-state index in [4.69, 9.17) is 4.74 Å². The third kappa shape index (κ3) is 3.38. The highest BCUT2D eigenvalue weighted by Gasteiger charge is 2.38. The normalized spacial score (nSPS) is 18.0.